The Morgan fingerprint density at radius 2 is 0.596 bits per heavy atom. The van der Waals surface area contributed by atoms with Crippen molar-refractivity contribution in [3.05, 3.63) is 129 Å². The molecule has 4 aromatic carbocycles. The van der Waals surface area contributed by atoms with Crippen molar-refractivity contribution in [1.82, 2.24) is 0 Å². The van der Waals surface area contributed by atoms with Gasteiger partial charge in [0.2, 0.25) is 0 Å². The molecular weight excluding hydrogens is 629 g/mol. The molecule has 0 saturated carbocycles. The number of hydrogen-bond donors (Lipinski definition) is 2. The zero-order chi connectivity index (χ0) is 36.6. The maximum atomic E-state index is 6.28. The molecule has 2 nitrogen and oxygen atoms in total. The first-order valence-electron chi connectivity index (χ1n) is 21.4. The molecule has 0 bridgehead atoms. The number of benzene rings is 4. The number of aryl methyl sites for hydroxylation is 4. The predicted molar refractivity (Wildman–Crippen MR) is 229 cm³/mol. The highest BCUT2D eigenvalue weighted by Crippen LogP contribution is 2.22. The van der Waals surface area contributed by atoms with Gasteiger partial charge in [-0.3, -0.25) is 0 Å². The minimum Gasteiger partial charge on any atom is -0.399 e. The monoisotopic (exact) mass is 701 g/mol. The molecule has 0 fully saturated rings. The lowest BCUT2D eigenvalue weighted by Gasteiger charge is -2.10. The molecule has 2 heteroatoms. The summed E-state index contributed by atoms with van der Waals surface area (Å²) in [6.07, 6.45) is 30.5. The molecule has 282 valence electrons. The molecule has 0 aliphatic heterocycles. The third kappa shape index (κ3) is 16.0. The third-order valence-electron chi connectivity index (χ3n) is 11.1. The summed E-state index contributed by atoms with van der Waals surface area (Å²) in [7, 11) is 0. The third-order valence-corrected chi connectivity index (χ3v) is 11.1. The summed E-state index contributed by atoms with van der Waals surface area (Å²) < 4.78 is 0. The Bertz CT molecular complexity index is 1400. The smallest absolute Gasteiger partial charge is 0.0346 e. The Hall–Kier alpha value is -3.52. The second-order valence-corrected chi connectivity index (χ2v) is 15.7. The van der Waals surface area contributed by atoms with E-state index in [0.717, 1.165) is 37.1 Å². The van der Waals surface area contributed by atoms with Gasteiger partial charge >= 0.3 is 0 Å². The van der Waals surface area contributed by atoms with Gasteiger partial charge in [-0.2, -0.15) is 0 Å². The second kappa shape index (κ2) is 24.7. The molecule has 52 heavy (non-hydrogen) atoms. The minimum absolute atomic E-state index is 0.951. The number of hydrogen-bond acceptors (Lipinski definition) is 2. The Morgan fingerprint density at radius 3 is 0.962 bits per heavy atom. The number of unbranched alkanes of at least 4 members (excludes halogenated alkanes) is 15. The van der Waals surface area contributed by atoms with Gasteiger partial charge in [0.1, 0.15) is 0 Å². The van der Waals surface area contributed by atoms with E-state index in [-0.39, 0.29) is 0 Å². The standard InChI is InChI=1S/C50H72N2/c1-3-5-7-19-23-47-39-45(33-35-49(47)51)37-43-29-25-41(26-30-43)21-17-15-13-11-9-10-12-14-16-18-22-42-27-31-44(32-28-42)38-46-34-36-50(52)48(40-46)24-20-8-6-4-2/h25-36,39-40H,3-24,37-38,51-52H2,1-2H3. The van der Waals surface area contributed by atoms with Crippen molar-refractivity contribution < 1.29 is 0 Å². The summed E-state index contributed by atoms with van der Waals surface area (Å²) in [5.41, 5.74) is 25.6. The van der Waals surface area contributed by atoms with E-state index < -0.39 is 0 Å². The van der Waals surface area contributed by atoms with Crippen molar-refractivity contribution in [2.24, 2.45) is 0 Å². The average Bonchev–Trinajstić information content (AvgIpc) is 3.16. The van der Waals surface area contributed by atoms with Gasteiger partial charge in [0.05, 0.1) is 0 Å². The van der Waals surface area contributed by atoms with Gasteiger partial charge < -0.3 is 11.5 Å². The Balaban J connectivity index is 0.993. The maximum absolute atomic E-state index is 6.28. The van der Waals surface area contributed by atoms with Crippen LogP contribution in [-0.4, -0.2) is 0 Å². The molecule has 0 heterocycles. The van der Waals surface area contributed by atoms with Crippen molar-refractivity contribution in [3.63, 3.8) is 0 Å². The number of nitrogens with two attached hydrogens (primary N) is 2. The Labute approximate surface area is 319 Å². The van der Waals surface area contributed by atoms with E-state index in [2.05, 4.69) is 98.8 Å². The largest absolute Gasteiger partial charge is 0.399 e. The van der Waals surface area contributed by atoms with Crippen LogP contribution >= 0.6 is 0 Å². The van der Waals surface area contributed by atoms with Gasteiger partial charge in [-0.05, 0) is 121 Å². The van der Waals surface area contributed by atoms with Crippen molar-refractivity contribution >= 4 is 11.4 Å². The summed E-state index contributed by atoms with van der Waals surface area (Å²) in [5, 5.41) is 0. The molecule has 4 N–H and O–H groups in total. The van der Waals surface area contributed by atoms with Crippen LogP contribution in [0.3, 0.4) is 0 Å². The fraction of sp³-hybridized carbons (Fsp3) is 0.520. The highest BCUT2D eigenvalue weighted by atomic mass is 14.6. The van der Waals surface area contributed by atoms with Crippen LogP contribution in [-0.2, 0) is 38.5 Å². The van der Waals surface area contributed by atoms with Crippen LogP contribution in [0.4, 0.5) is 11.4 Å². The van der Waals surface area contributed by atoms with Crippen LogP contribution < -0.4 is 11.5 Å². The molecular formula is C50H72N2. The molecule has 0 amide bonds. The predicted octanol–water partition coefficient (Wildman–Crippen LogP) is 14.0. The van der Waals surface area contributed by atoms with Crippen LogP contribution in [0.15, 0.2) is 84.9 Å². The van der Waals surface area contributed by atoms with Crippen LogP contribution in [0, 0.1) is 0 Å². The summed E-state index contributed by atoms with van der Waals surface area (Å²) in [6, 6.07) is 32.0. The summed E-state index contributed by atoms with van der Waals surface area (Å²) in [5.74, 6) is 0. The van der Waals surface area contributed by atoms with E-state index in [1.165, 1.54) is 173 Å². The molecule has 0 unspecified atom stereocenters. The van der Waals surface area contributed by atoms with E-state index in [0.29, 0.717) is 0 Å². The zero-order valence-corrected chi connectivity index (χ0v) is 33.2. The lowest BCUT2D eigenvalue weighted by molar-refractivity contribution is 0.551. The summed E-state index contributed by atoms with van der Waals surface area (Å²) in [6.45, 7) is 4.53. The van der Waals surface area contributed by atoms with Crippen molar-refractivity contribution in [2.75, 3.05) is 11.5 Å². The second-order valence-electron chi connectivity index (χ2n) is 15.7. The van der Waals surface area contributed by atoms with E-state index >= 15 is 0 Å². The first kappa shape index (κ1) is 41.2. The van der Waals surface area contributed by atoms with Crippen LogP contribution in [0.1, 0.15) is 174 Å². The molecule has 4 rings (SSSR count). The molecule has 0 radical (unpaired) electrons. The lowest BCUT2D eigenvalue weighted by Crippen LogP contribution is -1.98. The van der Waals surface area contributed by atoms with Crippen molar-refractivity contribution in [3.8, 4) is 0 Å². The van der Waals surface area contributed by atoms with Gasteiger partial charge in [0.15, 0.2) is 0 Å². The number of nitrogen functional groups attached to an aromatic ring is 2. The van der Waals surface area contributed by atoms with E-state index in [4.69, 9.17) is 11.5 Å². The van der Waals surface area contributed by atoms with Crippen molar-refractivity contribution in [1.29, 1.82) is 0 Å². The maximum Gasteiger partial charge on any atom is 0.0346 e. The molecule has 0 atom stereocenters. The van der Waals surface area contributed by atoms with Gasteiger partial charge in [-0.15, -0.1) is 0 Å². The average molecular weight is 701 g/mol. The summed E-state index contributed by atoms with van der Waals surface area (Å²) in [4.78, 5) is 0. The van der Waals surface area contributed by atoms with Crippen LogP contribution in [0.2, 0.25) is 0 Å². The SMILES string of the molecule is CCCCCCc1cc(Cc2ccc(CCCCCCCCCCCCc3ccc(Cc4ccc(N)c(CCCCCC)c4)cc3)cc2)ccc1N. The van der Waals surface area contributed by atoms with E-state index in [1.807, 2.05) is 0 Å². The zero-order valence-electron chi connectivity index (χ0n) is 33.2. The first-order chi connectivity index (χ1) is 25.5. The molecule has 0 aliphatic carbocycles. The molecule has 0 aliphatic rings. The van der Waals surface area contributed by atoms with Gasteiger partial charge in [0.25, 0.3) is 0 Å². The van der Waals surface area contributed by atoms with Crippen LogP contribution in [0.5, 0.6) is 0 Å². The fourth-order valence-corrected chi connectivity index (χ4v) is 7.65. The Morgan fingerprint density at radius 1 is 0.308 bits per heavy atom. The molecule has 0 spiro atoms. The quantitative estimate of drug-likeness (QED) is 0.0480. The van der Waals surface area contributed by atoms with Gasteiger partial charge in [-0.1, -0.05) is 177 Å². The molecule has 4 aromatic rings. The van der Waals surface area contributed by atoms with Gasteiger partial charge in [-0.25, -0.2) is 0 Å². The highest BCUT2D eigenvalue weighted by molar-refractivity contribution is 5.50. The molecule has 0 saturated heterocycles. The lowest BCUT2D eigenvalue weighted by atomic mass is 9.97. The minimum atomic E-state index is 0.951. The highest BCUT2D eigenvalue weighted by Gasteiger charge is 2.06. The fourth-order valence-electron chi connectivity index (χ4n) is 7.65. The Kier molecular flexibility index (Phi) is 19.6. The molecule has 0 aromatic heterocycles. The van der Waals surface area contributed by atoms with Gasteiger partial charge in [0, 0.05) is 11.4 Å². The van der Waals surface area contributed by atoms with Crippen LogP contribution in [0.25, 0.3) is 0 Å². The summed E-state index contributed by atoms with van der Waals surface area (Å²) >= 11 is 0. The van der Waals surface area contributed by atoms with Crippen molar-refractivity contribution in [2.45, 2.75) is 168 Å². The van der Waals surface area contributed by atoms with E-state index in [9.17, 15) is 0 Å². The normalized spacial score (nSPS) is 11.3. The number of anilines is 2. The number of rotatable bonds is 27. The first-order valence-corrected chi connectivity index (χ1v) is 21.4. The van der Waals surface area contributed by atoms with E-state index in [1.54, 1.807) is 0 Å². The topological polar surface area (TPSA) is 52.0 Å².